The van der Waals surface area contributed by atoms with E-state index in [0.717, 1.165) is 4.88 Å². The summed E-state index contributed by atoms with van der Waals surface area (Å²) in [4.78, 5) is 18.4. The first-order chi connectivity index (χ1) is 12.7. The molecule has 0 unspecified atom stereocenters. The van der Waals surface area contributed by atoms with Crippen molar-refractivity contribution in [2.45, 2.75) is 24.4 Å². The number of aromatic nitrogens is 2. The van der Waals surface area contributed by atoms with Crippen LogP contribution < -0.4 is 5.56 Å². The molecule has 2 aromatic heterocycles. The number of rotatable bonds is 9. The van der Waals surface area contributed by atoms with Crippen molar-refractivity contribution in [3.05, 3.63) is 69.7 Å². The molecule has 1 aromatic carbocycles. The molecule has 1 atom stereocenters. The van der Waals surface area contributed by atoms with E-state index >= 15 is 0 Å². The molecule has 0 radical (unpaired) electrons. The third-order valence-electron chi connectivity index (χ3n) is 3.68. The highest BCUT2D eigenvalue weighted by Crippen LogP contribution is 2.19. The van der Waals surface area contributed by atoms with E-state index in [0.29, 0.717) is 35.0 Å². The summed E-state index contributed by atoms with van der Waals surface area (Å²) in [7, 11) is 0. The van der Waals surface area contributed by atoms with Gasteiger partial charge < -0.3 is 9.84 Å². The van der Waals surface area contributed by atoms with E-state index < -0.39 is 6.10 Å². The first-order valence-electron chi connectivity index (χ1n) is 8.20. The topological polar surface area (TPSA) is 64.3 Å². The van der Waals surface area contributed by atoms with E-state index in [2.05, 4.69) is 11.6 Å². The lowest BCUT2D eigenvalue weighted by atomic mass is 10.2. The summed E-state index contributed by atoms with van der Waals surface area (Å²) in [6.07, 6.45) is 1.03. The molecule has 7 heteroatoms. The fourth-order valence-electron chi connectivity index (χ4n) is 2.46. The van der Waals surface area contributed by atoms with E-state index in [1.54, 1.807) is 28.0 Å². The Morgan fingerprint density at radius 2 is 2.19 bits per heavy atom. The van der Waals surface area contributed by atoms with Gasteiger partial charge in [-0.3, -0.25) is 9.36 Å². The fourth-order valence-corrected chi connectivity index (χ4v) is 4.01. The summed E-state index contributed by atoms with van der Waals surface area (Å²) in [6.45, 7) is 4.83. The number of aliphatic hydroxyl groups is 1. The Morgan fingerprint density at radius 1 is 1.35 bits per heavy atom. The average molecular weight is 389 g/mol. The molecule has 0 spiro atoms. The van der Waals surface area contributed by atoms with E-state index in [9.17, 15) is 9.90 Å². The summed E-state index contributed by atoms with van der Waals surface area (Å²) in [5, 5.41) is 13.3. The number of para-hydroxylation sites is 1. The van der Waals surface area contributed by atoms with E-state index in [1.165, 1.54) is 11.8 Å². The fraction of sp³-hybridized carbons (Fsp3) is 0.263. The van der Waals surface area contributed by atoms with E-state index in [1.807, 2.05) is 35.7 Å². The van der Waals surface area contributed by atoms with Crippen LogP contribution in [0.25, 0.3) is 10.9 Å². The Balaban J connectivity index is 1.66. The van der Waals surface area contributed by atoms with Crippen molar-refractivity contribution in [1.29, 1.82) is 0 Å². The normalized spacial score (nSPS) is 12.3. The maximum absolute atomic E-state index is 12.7. The molecule has 1 N–H and O–H groups in total. The van der Waals surface area contributed by atoms with Gasteiger partial charge in [0.1, 0.15) is 0 Å². The Bertz CT molecular complexity index is 922. The van der Waals surface area contributed by atoms with Crippen molar-refractivity contribution in [3.8, 4) is 0 Å². The number of thioether (sulfide) groups is 1. The first-order valence-corrected chi connectivity index (χ1v) is 10.1. The predicted octanol–water partition coefficient (Wildman–Crippen LogP) is 3.31. The Hall–Kier alpha value is -1.93. The van der Waals surface area contributed by atoms with Gasteiger partial charge in [-0.05, 0) is 23.6 Å². The van der Waals surface area contributed by atoms with Crippen molar-refractivity contribution < 1.29 is 9.84 Å². The monoisotopic (exact) mass is 388 g/mol. The molecule has 0 amide bonds. The molecule has 0 aliphatic rings. The lowest BCUT2D eigenvalue weighted by molar-refractivity contribution is 0.0408. The highest BCUT2D eigenvalue weighted by molar-refractivity contribution is 7.99. The summed E-state index contributed by atoms with van der Waals surface area (Å²) in [6, 6.07) is 11.2. The lowest BCUT2D eigenvalue weighted by Crippen LogP contribution is -2.24. The predicted molar refractivity (Wildman–Crippen MR) is 107 cm³/mol. The number of fused-ring (bicyclic) bond motifs is 1. The molecule has 0 saturated carbocycles. The molecule has 3 rings (SSSR count). The van der Waals surface area contributed by atoms with Crippen molar-refractivity contribution in [2.24, 2.45) is 0 Å². The highest BCUT2D eigenvalue weighted by atomic mass is 32.2. The van der Waals surface area contributed by atoms with Gasteiger partial charge in [0.25, 0.3) is 5.56 Å². The van der Waals surface area contributed by atoms with Gasteiger partial charge in [-0.2, -0.15) is 0 Å². The minimum absolute atomic E-state index is 0.0959. The van der Waals surface area contributed by atoms with Crippen LogP contribution in [0.4, 0.5) is 0 Å². The van der Waals surface area contributed by atoms with Crippen LogP contribution in [-0.2, 0) is 17.9 Å². The zero-order valence-electron chi connectivity index (χ0n) is 14.2. The van der Waals surface area contributed by atoms with Crippen LogP contribution in [0.15, 0.2) is 64.4 Å². The molecule has 3 aromatic rings. The molecule has 0 saturated heterocycles. The van der Waals surface area contributed by atoms with Gasteiger partial charge in [0.2, 0.25) is 0 Å². The third-order valence-corrected chi connectivity index (χ3v) is 5.65. The maximum Gasteiger partial charge on any atom is 0.262 e. The summed E-state index contributed by atoms with van der Waals surface area (Å²) < 4.78 is 7.12. The summed E-state index contributed by atoms with van der Waals surface area (Å²) in [5.41, 5.74) is 0.560. The lowest BCUT2D eigenvalue weighted by Gasteiger charge is -2.14. The van der Waals surface area contributed by atoms with Crippen LogP contribution in [0.2, 0.25) is 0 Å². The number of benzene rings is 1. The van der Waals surface area contributed by atoms with Crippen LogP contribution in [-0.4, -0.2) is 33.1 Å². The number of allylic oxidation sites excluding steroid dienone is 1. The van der Waals surface area contributed by atoms with Crippen molar-refractivity contribution >= 4 is 34.0 Å². The second kappa shape index (κ2) is 9.14. The van der Waals surface area contributed by atoms with Gasteiger partial charge in [0, 0.05) is 17.2 Å². The number of hydrogen-bond acceptors (Lipinski definition) is 6. The first kappa shape index (κ1) is 18.8. The van der Waals surface area contributed by atoms with Gasteiger partial charge in [-0.1, -0.05) is 36.0 Å². The van der Waals surface area contributed by atoms with E-state index in [-0.39, 0.29) is 12.2 Å². The zero-order valence-corrected chi connectivity index (χ0v) is 15.8. The molecule has 2 heterocycles. The van der Waals surface area contributed by atoms with Gasteiger partial charge in [0.05, 0.1) is 30.2 Å². The quantitative estimate of drug-likeness (QED) is 0.346. The van der Waals surface area contributed by atoms with Crippen LogP contribution in [0.5, 0.6) is 0 Å². The van der Waals surface area contributed by atoms with Crippen LogP contribution >= 0.6 is 23.1 Å². The Morgan fingerprint density at radius 3 is 2.96 bits per heavy atom. The Labute approximate surface area is 160 Å². The van der Waals surface area contributed by atoms with E-state index in [4.69, 9.17) is 4.74 Å². The number of aliphatic hydroxyl groups excluding tert-OH is 1. The number of ether oxygens (including phenoxy) is 1. The summed E-state index contributed by atoms with van der Waals surface area (Å²) >= 11 is 2.97. The number of nitrogens with zero attached hydrogens (tertiary/aromatic N) is 2. The zero-order chi connectivity index (χ0) is 18.4. The molecule has 0 aliphatic carbocycles. The molecule has 0 fully saturated rings. The standard InChI is InChI=1S/C19H20N2O3S2/c1-2-9-21-18(23)16-7-3-4-8-17(16)20-19(21)26-13-14(22)11-24-12-15-6-5-10-25-15/h2-8,10,14,22H,1,9,11-13H2/t14-/m1/s1. The van der Waals surface area contributed by atoms with Gasteiger partial charge in [-0.15, -0.1) is 17.9 Å². The van der Waals surface area contributed by atoms with Crippen molar-refractivity contribution in [2.75, 3.05) is 12.4 Å². The van der Waals surface area contributed by atoms with Crippen LogP contribution in [0.1, 0.15) is 4.88 Å². The number of hydrogen-bond donors (Lipinski definition) is 1. The molecule has 136 valence electrons. The second-order valence-corrected chi connectivity index (χ2v) is 7.69. The molecule has 5 nitrogen and oxygen atoms in total. The molecule has 26 heavy (non-hydrogen) atoms. The third kappa shape index (κ3) is 4.62. The second-order valence-electron chi connectivity index (χ2n) is 5.68. The smallest absolute Gasteiger partial charge is 0.262 e. The number of thiophene rings is 1. The van der Waals surface area contributed by atoms with Crippen LogP contribution in [0, 0.1) is 0 Å². The van der Waals surface area contributed by atoms with Gasteiger partial charge in [-0.25, -0.2) is 4.98 Å². The van der Waals surface area contributed by atoms with Crippen molar-refractivity contribution in [1.82, 2.24) is 9.55 Å². The maximum atomic E-state index is 12.7. The molecule has 0 bridgehead atoms. The average Bonchev–Trinajstić information content (AvgIpc) is 3.16. The summed E-state index contributed by atoms with van der Waals surface area (Å²) in [5.74, 6) is 0.395. The highest BCUT2D eigenvalue weighted by Gasteiger charge is 2.13. The van der Waals surface area contributed by atoms with Gasteiger partial charge >= 0.3 is 0 Å². The molecule has 0 aliphatic heterocycles. The van der Waals surface area contributed by atoms with Crippen molar-refractivity contribution in [3.63, 3.8) is 0 Å². The molecular weight excluding hydrogens is 368 g/mol. The van der Waals surface area contributed by atoms with Gasteiger partial charge in [0.15, 0.2) is 5.16 Å². The minimum Gasteiger partial charge on any atom is -0.390 e. The van der Waals surface area contributed by atoms with Crippen LogP contribution in [0.3, 0.4) is 0 Å². The minimum atomic E-state index is -0.638. The Kier molecular flexibility index (Phi) is 6.62. The molecular formula is C19H20N2O3S2. The largest absolute Gasteiger partial charge is 0.390 e. The SMILES string of the molecule is C=CCn1c(SC[C@H](O)COCc2cccs2)nc2ccccc2c1=O.